The minimum absolute atomic E-state index is 0.101. The summed E-state index contributed by atoms with van der Waals surface area (Å²) in [7, 11) is 0. The van der Waals surface area contributed by atoms with E-state index >= 15 is 0 Å². The minimum atomic E-state index is 0.101. The average molecular weight is 178 g/mol. The molecule has 1 unspecified atom stereocenters. The van der Waals surface area contributed by atoms with Gasteiger partial charge in [-0.25, -0.2) is 0 Å². The number of hydrogen-bond acceptors (Lipinski definition) is 1. The van der Waals surface area contributed by atoms with Crippen LogP contribution in [0.1, 0.15) is 33.6 Å². The van der Waals surface area contributed by atoms with E-state index in [0.717, 1.165) is 18.4 Å². The lowest BCUT2D eigenvalue weighted by atomic mass is 9.81. The first-order valence-corrected chi connectivity index (χ1v) is 4.80. The summed E-state index contributed by atoms with van der Waals surface area (Å²) >= 11 is 0. The smallest absolute Gasteiger partial charge is 0.140 e. The molecule has 1 fully saturated rings. The number of allylic oxidation sites excluding steroid dienone is 3. The van der Waals surface area contributed by atoms with Gasteiger partial charge in [0.25, 0.3) is 0 Å². The van der Waals surface area contributed by atoms with Gasteiger partial charge in [0.2, 0.25) is 0 Å². The largest absolute Gasteiger partial charge is 0.299 e. The van der Waals surface area contributed by atoms with E-state index < -0.39 is 0 Å². The van der Waals surface area contributed by atoms with Gasteiger partial charge in [-0.15, -0.1) is 0 Å². The molecular weight excluding hydrogens is 160 g/mol. The van der Waals surface area contributed by atoms with E-state index in [1.165, 1.54) is 0 Å². The lowest BCUT2D eigenvalue weighted by molar-refractivity contribution is -0.120. The third-order valence-electron chi connectivity index (χ3n) is 2.78. The van der Waals surface area contributed by atoms with E-state index in [2.05, 4.69) is 20.4 Å². The first-order valence-electron chi connectivity index (χ1n) is 4.80. The molecule has 1 nitrogen and oxygen atoms in total. The molecular formula is C12H18O. The van der Waals surface area contributed by atoms with Gasteiger partial charge in [0.1, 0.15) is 5.78 Å². The quantitative estimate of drug-likeness (QED) is 0.594. The predicted octanol–water partition coefficient (Wildman–Crippen LogP) is 3.12. The van der Waals surface area contributed by atoms with Crippen molar-refractivity contribution in [2.24, 2.45) is 11.3 Å². The van der Waals surface area contributed by atoms with Crippen LogP contribution in [0.5, 0.6) is 0 Å². The summed E-state index contributed by atoms with van der Waals surface area (Å²) in [5, 5.41) is 0. The van der Waals surface area contributed by atoms with Crippen LogP contribution in [-0.2, 0) is 4.79 Å². The van der Waals surface area contributed by atoms with Crippen molar-refractivity contribution in [2.45, 2.75) is 33.6 Å². The Morgan fingerprint density at radius 2 is 2.23 bits per heavy atom. The van der Waals surface area contributed by atoms with Crippen molar-refractivity contribution >= 4 is 5.78 Å². The molecule has 1 saturated carbocycles. The fraction of sp³-hybridized carbons (Fsp3) is 0.583. The van der Waals surface area contributed by atoms with Crippen LogP contribution in [0.2, 0.25) is 0 Å². The highest BCUT2D eigenvalue weighted by molar-refractivity contribution is 5.85. The number of rotatable bonds is 2. The molecule has 0 saturated heterocycles. The maximum atomic E-state index is 11.5. The SMILES string of the molecule is C=C(C)/C=C/C1C(=O)CCC1(C)C. The van der Waals surface area contributed by atoms with Crippen LogP contribution in [0.15, 0.2) is 24.3 Å². The molecule has 1 atom stereocenters. The second-order valence-electron chi connectivity index (χ2n) is 4.64. The third kappa shape index (κ3) is 2.30. The van der Waals surface area contributed by atoms with Gasteiger partial charge in [0, 0.05) is 12.3 Å². The van der Waals surface area contributed by atoms with Gasteiger partial charge < -0.3 is 0 Å². The highest BCUT2D eigenvalue weighted by Gasteiger charge is 2.38. The van der Waals surface area contributed by atoms with Crippen LogP contribution >= 0.6 is 0 Å². The van der Waals surface area contributed by atoms with Crippen LogP contribution in [0, 0.1) is 11.3 Å². The summed E-state index contributed by atoms with van der Waals surface area (Å²) < 4.78 is 0. The zero-order chi connectivity index (χ0) is 10.1. The van der Waals surface area contributed by atoms with Gasteiger partial charge >= 0.3 is 0 Å². The summed E-state index contributed by atoms with van der Waals surface area (Å²) in [4.78, 5) is 11.5. The molecule has 0 radical (unpaired) electrons. The molecule has 0 aromatic carbocycles. The van der Waals surface area contributed by atoms with E-state index in [1.54, 1.807) is 0 Å². The molecule has 1 rings (SSSR count). The van der Waals surface area contributed by atoms with Gasteiger partial charge in [0.05, 0.1) is 0 Å². The van der Waals surface area contributed by atoms with Crippen LogP contribution in [0.3, 0.4) is 0 Å². The lowest BCUT2D eigenvalue weighted by Gasteiger charge is -2.22. The van der Waals surface area contributed by atoms with Crippen molar-refractivity contribution in [1.82, 2.24) is 0 Å². The molecule has 72 valence electrons. The summed E-state index contributed by atoms with van der Waals surface area (Å²) in [5.74, 6) is 0.478. The summed E-state index contributed by atoms with van der Waals surface area (Å²) in [6, 6.07) is 0. The van der Waals surface area contributed by atoms with Crippen molar-refractivity contribution < 1.29 is 4.79 Å². The second-order valence-corrected chi connectivity index (χ2v) is 4.64. The normalized spacial score (nSPS) is 27.0. The second kappa shape index (κ2) is 3.49. The highest BCUT2D eigenvalue weighted by atomic mass is 16.1. The molecule has 0 bridgehead atoms. The Hall–Kier alpha value is -0.850. The molecule has 1 aliphatic rings. The fourth-order valence-corrected chi connectivity index (χ4v) is 1.82. The number of carbonyl (C=O) groups excluding carboxylic acids is 1. The van der Waals surface area contributed by atoms with Crippen molar-refractivity contribution in [2.75, 3.05) is 0 Å². The molecule has 0 aromatic rings. The molecule has 0 heterocycles. The maximum Gasteiger partial charge on any atom is 0.140 e. The van der Waals surface area contributed by atoms with Gasteiger partial charge in [-0.2, -0.15) is 0 Å². The van der Waals surface area contributed by atoms with Crippen molar-refractivity contribution in [1.29, 1.82) is 0 Å². The lowest BCUT2D eigenvalue weighted by Crippen LogP contribution is -2.19. The Morgan fingerprint density at radius 1 is 1.62 bits per heavy atom. The van der Waals surface area contributed by atoms with E-state index in [9.17, 15) is 4.79 Å². The molecule has 0 N–H and O–H groups in total. The molecule has 0 amide bonds. The standard InChI is InChI=1S/C12H18O/c1-9(2)5-6-10-11(13)7-8-12(10,3)4/h5-6,10H,1,7-8H2,2-4H3/b6-5+. The molecule has 0 spiro atoms. The summed E-state index contributed by atoms with van der Waals surface area (Å²) in [6.07, 6.45) is 5.71. The molecule has 1 heteroatoms. The van der Waals surface area contributed by atoms with Crippen molar-refractivity contribution in [3.8, 4) is 0 Å². The first-order chi connectivity index (χ1) is 5.93. The molecule has 0 aliphatic heterocycles. The zero-order valence-corrected chi connectivity index (χ0v) is 8.76. The number of Topliss-reactive ketones (excluding diaryl/α,β-unsaturated/α-hetero) is 1. The van der Waals surface area contributed by atoms with Crippen LogP contribution < -0.4 is 0 Å². The zero-order valence-electron chi connectivity index (χ0n) is 8.76. The topological polar surface area (TPSA) is 17.1 Å². The Labute approximate surface area is 80.5 Å². The Morgan fingerprint density at radius 3 is 2.62 bits per heavy atom. The third-order valence-corrected chi connectivity index (χ3v) is 2.78. The minimum Gasteiger partial charge on any atom is -0.299 e. The monoisotopic (exact) mass is 178 g/mol. The van der Waals surface area contributed by atoms with Crippen LogP contribution in [0.4, 0.5) is 0 Å². The number of hydrogen-bond donors (Lipinski definition) is 0. The molecule has 13 heavy (non-hydrogen) atoms. The van der Waals surface area contributed by atoms with Crippen LogP contribution in [0.25, 0.3) is 0 Å². The Kier molecular flexibility index (Phi) is 2.74. The van der Waals surface area contributed by atoms with Gasteiger partial charge in [0.15, 0.2) is 0 Å². The van der Waals surface area contributed by atoms with E-state index in [-0.39, 0.29) is 11.3 Å². The Balaban J connectivity index is 2.77. The highest BCUT2D eigenvalue weighted by Crippen LogP contribution is 2.41. The first kappa shape index (κ1) is 10.2. The Bertz CT molecular complexity index is 258. The predicted molar refractivity (Wildman–Crippen MR) is 55.5 cm³/mol. The van der Waals surface area contributed by atoms with E-state index in [4.69, 9.17) is 0 Å². The summed E-state index contributed by atoms with van der Waals surface area (Å²) in [6.45, 7) is 10.1. The van der Waals surface area contributed by atoms with Gasteiger partial charge in [-0.05, 0) is 18.8 Å². The van der Waals surface area contributed by atoms with Gasteiger partial charge in [-0.1, -0.05) is 38.2 Å². The van der Waals surface area contributed by atoms with Crippen LogP contribution in [-0.4, -0.2) is 5.78 Å². The van der Waals surface area contributed by atoms with Crippen molar-refractivity contribution in [3.63, 3.8) is 0 Å². The molecule has 1 aliphatic carbocycles. The summed E-state index contributed by atoms with van der Waals surface area (Å²) in [5.41, 5.74) is 1.15. The van der Waals surface area contributed by atoms with E-state index in [0.29, 0.717) is 5.78 Å². The maximum absolute atomic E-state index is 11.5. The fourth-order valence-electron chi connectivity index (χ4n) is 1.82. The van der Waals surface area contributed by atoms with Crippen molar-refractivity contribution in [3.05, 3.63) is 24.3 Å². The number of ketones is 1. The average Bonchev–Trinajstić information content (AvgIpc) is 2.23. The number of carbonyl (C=O) groups is 1. The van der Waals surface area contributed by atoms with E-state index in [1.807, 2.05) is 19.1 Å². The molecule has 0 aromatic heterocycles. The van der Waals surface area contributed by atoms with Gasteiger partial charge in [-0.3, -0.25) is 4.79 Å².